The monoisotopic (exact) mass is 389 g/mol. The van der Waals surface area contributed by atoms with Gasteiger partial charge in [0.1, 0.15) is 11.8 Å². The van der Waals surface area contributed by atoms with Crippen LogP contribution in [0.4, 0.5) is 5.69 Å². The van der Waals surface area contributed by atoms with Crippen molar-refractivity contribution in [3.05, 3.63) is 53.5 Å². The summed E-state index contributed by atoms with van der Waals surface area (Å²) in [6, 6.07) is 8.26. The van der Waals surface area contributed by atoms with E-state index < -0.39 is 0 Å². The van der Waals surface area contributed by atoms with Crippen LogP contribution in [0.1, 0.15) is 34.5 Å². The molecule has 29 heavy (non-hydrogen) atoms. The molecular weight excluding hydrogens is 362 g/mol. The van der Waals surface area contributed by atoms with Crippen molar-refractivity contribution < 1.29 is 4.79 Å². The van der Waals surface area contributed by atoms with Crippen LogP contribution >= 0.6 is 0 Å². The number of likely N-dealkylation sites (tertiary alicyclic amines) is 1. The van der Waals surface area contributed by atoms with Gasteiger partial charge in [-0.3, -0.25) is 4.79 Å². The van der Waals surface area contributed by atoms with Crippen LogP contribution in [0.2, 0.25) is 0 Å². The summed E-state index contributed by atoms with van der Waals surface area (Å²) >= 11 is 0. The molecule has 1 atom stereocenters. The molecule has 4 heterocycles. The van der Waals surface area contributed by atoms with E-state index in [4.69, 9.17) is 0 Å². The van der Waals surface area contributed by atoms with Crippen LogP contribution in [0.25, 0.3) is 16.8 Å². The van der Waals surface area contributed by atoms with Gasteiger partial charge in [0, 0.05) is 18.3 Å². The average Bonchev–Trinajstić information content (AvgIpc) is 3.08. The maximum absolute atomic E-state index is 13.0. The third kappa shape index (κ3) is 3.27. The first-order valence-corrected chi connectivity index (χ1v) is 10.3. The lowest BCUT2D eigenvalue weighted by molar-refractivity contribution is 0.0903. The first kappa shape index (κ1) is 18.2. The van der Waals surface area contributed by atoms with Crippen molar-refractivity contribution in [2.75, 3.05) is 25.5 Å². The van der Waals surface area contributed by atoms with Crippen LogP contribution in [-0.4, -0.2) is 46.5 Å². The maximum Gasteiger partial charge on any atom is 0.255 e. The molecule has 0 saturated carbocycles. The lowest BCUT2D eigenvalue weighted by Gasteiger charge is -2.38. The normalized spacial score (nSPS) is 20.4. The summed E-state index contributed by atoms with van der Waals surface area (Å²) in [5.41, 5.74) is 6.85. The van der Waals surface area contributed by atoms with Gasteiger partial charge < -0.3 is 19.9 Å². The van der Waals surface area contributed by atoms with E-state index in [1.807, 2.05) is 29.7 Å². The molecule has 2 aliphatic rings. The molecule has 1 fully saturated rings. The fourth-order valence-corrected chi connectivity index (χ4v) is 4.62. The fourth-order valence-electron chi connectivity index (χ4n) is 4.62. The Morgan fingerprint density at radius 3 is 2.62 bits per heavy atom. The lowest BCUT2D eigenvalue weighted by atomic mass is 9.90. The number of benzene rings is 1. The molecule has 0 radical (unpaired) electrons. The summed E-state index contributed by atoms with van der Waals surface area (Å²) in [7, 11) is 2.16. The number of nitrogens with one attached hydrogen (secondary N) is 2. The zero-order valence-electron chi connectivity index (χ0n) is 17.2. The predicted octanol–water partition coefficient (Wildman–Crippen LogP) is 3.44. The highest BCUT2D eigenvalue weighted by Crippen LogP contribution is 2.33. The molecule has 1 amide bonds. The van der Waals surface area contributed by atoms with Crippen LogP contribution in [0.15, 0.2) is 36.7 Å². The number of anilines is 1. The summed E-state index contributed by atoms with van der Waals surface area (Å²) in [4.78, 5) is 19.8. The molecule has 1 saturated heterocycles. The second-order valence-electron chi connectivity index (χ2n) is 8.52. The van der Waals surface area contributed by atoms with Crippen LogP contribution in [-0.2, 0) is 0 Å². The number of piperidine rings is 1. The van der Waals surface area contributed by atoms with E-state index >= 15 is 0 Å². The second-order valence-corrected chi connectivity index (χ2v) is 8.52. The molecule has 2 aliphatic heterocycles. The van der Waals surface area contributed by atoms with E-state index in [1.165, 1.54) is 0 Å². The van der Waals surface area contributed by atoms with Crippen molar-refractivity contribution in [1.82, 2.24) is 19.6 Å². The molecule has 3 aromatic rings. The first-order valence-electron chi connectivity index (χ1n) is 10.3. The minimum absolute atomic E-state index is 0.0125. The van der Waals surface area contributed by atoms with E-state index in [1.54, 1.807) is 0 Å². The van der Waals surface area contributed by atoms with Gasteiger partial charge >= 0.3 is 0 Å². The fraction of sp³-hybridized carbons (Fsp3) is 0.391. The third-order valence-corrected chi connectivity index (χ3v) is 6.31. The summed E-state index contributed by atoms with van der Waals surface area (Å²) < 4.78 is 2.04. The molecule has 1 unspecified atom stereocenters. The Hall–Kier alpha value is -2.86. The largest absolute Gasteiger partial charge is 0.364 e. The Balaban J connectivity index is 1.47. The molecule has 2 aromatic heterocycles. The number of nitrogens with zero attached hydrogens (tertiary/aromatic N) is 3. The Labute approximate surface area is 170 Å². The molecule has 6 nitrogen and oxygen atoms in total. The van der Waals surface area contributed by atoms with E-state index in [9.17, 15) is 4.79 Å². The lowest BCUT2D eigenvalue weighted by Crippen LogP contribution is -2.52. The summed E-state index contributed by atoms with van der Waals surface area (Å²) in [6.45, 7) is 6.24. The van der Waals surface area contributed by atoms with Gasteiger partial charge in [0.15, 0.2) is 0 Å². The van der Waals surface area contributed by atoms with E-state index in [0.29, 0.717) is 5.92 Å². The van der Waals surface area contributed by atoms with E-state index in [0.717, 1.165) is 65.2 Å². The zero-order chi connectivity index (χ0) is 20.1. The number of aryl methyl sites for hydroxylation is 2. The molecule has 0 aliphatic carbocycles. The Morgan fingerprint density at radius 2 is 1.83 bits per heavy atom. The molecule has 5 rings (SSSR count). The van der Waals surface area contributed by atoms with Crippen molar-refractivity contribution in [2.45, 2.75) is 32.9 Å². The predicted molar refractivity (Wildman–Crippen MR) is 115 cm³/mol. The van der Waals surface area contributed by atoms with Gasteiger partial charge in [0.05, 0.1) is 16.9 Å². The zero-order valence-corrected chi connectivity index (χ0v) is 17.2. The number of pyridine rings is 1. The highest BCUT2D eigenvalue weighted by Gasteiger charge is 2.32. The van der Waals surface area contributed by atoms with Gasteiger partial charge in [-0.05, 0) is 87.8 Å². The first-order chi connectivity index (χ1) is 14.0. The number of hydrogen-bond acceptors (Lipinski definition) is 4. The Morgan fingerprint density at radius 1 is 1.03 bits per heavy atom. The van der Waals surface area contributed by atoms with E-state index in [2.05, 4.69) is 52.8 Å². The van der Waals surface area contributed by atoms with Crippen molar-refractivity contribution in [3.63, 3.8) is 0 Å². The number of rotatable bonds is 2. The number of aromatic nitrogens is 2. The molecule has 1 aromatic carbocycles. The van der Waals surface area contributed by atoms with Crippen LogP contribution < -0.4 is 10.6 Å². The molecule has 2 N–H and O–H groups in total. The Bertz CT molecular complexity index is 1090. The van der Waals surface area contributed by atoms with Gasteiger partial charge in [0.2, 0.25) is 0 Å². The van der Waals surface area contributed by atoms with Crippen LogP contribution in [0, 0.1) is 19.8 Å². The SMILES string of the molecule is Cc1cn2cc(-c3cc(C)c4c(c3)C(=O)NC(C3CCN(C)CC3)N4)ccc2n1. The van der Waals surface area contributed by atoms with Gasteiger partial charge in [-0.25, -0.2) is 4.98 Å². The quantitative estimate of drug-likeness (QED) is 0.705. The standard InChI is InChI=1S/C23H27N5O/c1-14-10-18(17-4-5-20-24-15(2)12-28(20)13-17)11-19-21(14)25-22(26-23(19)29)16-6-8-27(3)9-7-16/h4-5,10-13,16,22,25H,6-9H2,1-3H3,(H,26,29). The smallest absolute Gasteiger partial charge is 0.255 e. The highest BCUT2D eigenvalue weighted by atomic mass is 16.2. The number of hydrogen-bond donors (Lipinski definition) is 2. The second kappa shape index (κ2) is 6.88. The van der Waals surface area contributed by atoms with E-state index in [-0.39, 0.29) is 12.1 Å². The molecule has 6 heteroatoms. The molecule has 150 valence electrons. The average molecular weight is 390 g/mol. The molecular formula is C23H27N5O. The van der Waals surface area contributed by atoms with Gasteiger partial charge in [-0.2, -0.15) is 0 Å². The van der Waals surface area contributed by atoms with Crippen LogP contribution in [0.3, 0.4) is 0 Å². The minimum atomic E-state index is 0.0125. The van der Waals surface area contributed by atoms with Crippen LogP contribution in [0.5, 0.6) is 0 Å². The molecule has 0 bridgehead atoms. The third-order valence-electron chi connectivity index (χ3n) is 6.31. The van der Waals surface area contributed by atoms with Crippen molar-refractivity contribution in [2.24, 2.45) is 5.92 Å². The number of imidazole rings is 1. The topological polar surface area (TPSA) is 61.7 Å². The highest BCUT2D eigenvalue weighted by molar-refractivity contribution is 6.03. The van der Waals surface area contributed by atoms with Gasteiger partial charge in [-0.1, -0.05) is 0 Å². The number of carbonyl (C=O) groups excluding carboxylic acids is 1. The number of fused-ring (bicyclic) bond motifs is 2. The van der Waals surface area contributed by atoms with Crippen molar-refractivity contribution in [3.8, 4) is 11.1 Å². The van der Waals surface area contributed by atoms with Crippen molar-refractivity contribution >= 4 is 17.2 Å². The van der Waals surface area contributed by atoms with Gasteiger partial charge in [0.25, 0.3) is 5.91 Å². The minimum Gasteiger partial charge on any atom is -0.364 e. The van der Waals surface area contributed by atoms with Crippen molar-refractivity contribution in [1.29, 1.82) is 0 Å². The Kier molecular flexibility index (Phi) is 4.32. The summed E-state index contributed by atoms with van der Waals surface area (Å²) in [6.07, 6.45) is 6.31. The maximum atomic E-state index is 13.0. The number of carbonyl (C=O) groups is 1. The summed E-state index contributed by atoms with van der Waals surface area (Å²) in [5.74, 6) is 0.487. The number of amides is 1. The van der Waals surface area contributed by atoms with Gasteiger partial charge in [-0.15, -0.1) is 0 Å². The molecule has 0 spiro atoms. The summed E-state index contributed by atoms with van der Waals surface area (Å²) in [5, 5.41) is 6.84.